The minimum absolute atomic E-state index is 0.00951. The molecule has 3 aromatic carbocycles. The molecule has 0 aliphatic carbocycles. The molecule has 0 saturated carbocycles. The van der Waals surface area contributed by atoms with Gasteiger partial charge in [-0.1, -0.05) is 40.1 Å². The maximum atomic E-state index is 13.8. The summed E-state index contributed by atoms with van der Waals surface area (Å²) in [5, 5.41) is 11.4. The minimum Gasteiger partial charge on any atom is -0.493 e. The van der Waals surface area contributed by atoms with Gasteiger partial charge in [0.2, 0.25) is 11.7 Å². The van der Waals surface area contributed by atoms with Gasteiger partial charge in [-0.15, -0.1) is 0 Å². The quantitative estimate of drug-likeness (QED) is 0.132. The molecule has 0 saturated heterocycles. The highest BCUT2D eigenvalue weighted by molar-refractivity contribution is 6.37. The molecular weight excluding hydrogens is 552 g/mol. The molecule has 0 bridgehead atoms. The lowest BCUT2D eigenvalue weighted by atomic mass is 10.1. The molecule has 2 aromatic heterocycles. The van der Waals surface area contributed by atoms with E-state index in [4.69, 9.17) is 35.9 Å². The minimum atomic E-state index is -0.432. The van der Waals surface area contributed by atoms with E-state index < -0.39 is 5.56 Å². The Bertz CT molecular complexity index is 1890. The zero-order valence-corrected chi connectivity index (χ0v) is 22.9. The van der Waals surface area contributed by atoms with Crippen LogP contribution >= 0.6 is 11.6 Å². The number of benzene rings is 3. The van der Waals surface area contributed by atoms with E-state index >= 15 is 0 Å². The summed E-state index contributed by atoms with van der Waals surface area (Å²) in [6.07, 6.45) is 0.00951. The summed E-state index contributed by atoms with van der Waals surface area (Å²) < 4.78 is 22.9. The molecule has 0 atom stereocenters. The number of carbonyl (C=O) groups excluding carboxylic acids is 1. The van der Waals surface area contributed by atoms with E-state index in [1.807, 2.05) is 0 Å². The Labute approximate surface area is 237 Å². The number of halogens is 1. The molecule has 5 aromatic rings. The van der Waals surface area contributed by atoms with Gasteiger partial charge in [0.15, 0.2) is 17.3 Å². The van der Waals surface area contributed by atoms with Crippen LogP contribution in [0.15, 0.2) is 69.0 Å². The fourth-order valence-corrected chi connectivity index (χ4v) is 4.94. The van der Waals surface area contributed by atoms with E-state index in [2.05, 4.69) is 20.5 Å². The summed E-state index contributed by atoms with van der Waals surface area (Å²) in [6.45, 7) is -0.195. The van der Waals surface area contributed by atoms with Gasteiger partial charge >= 0.3 is 0 Å². The van der Waals surface area contributed by atoms with Crippen molar-refractivity contribution in [3.05, 3.63) is 91.7 Å². The summed E-state index contributed by atoms with van der Waals surface area (Å²) in [6, 6.07) is 15.4. The fourth-order valence-electron chi connectivity index (χ4n) is 4.68. The van der Waals surface area contributed by atoms with Crippen molar-refractivity contribution in [2.45, 2.75) is 13.0 Å². The Balaban J connectivity index is 1.54. The molecule has 0 aliphatic heterocycles. The number of anilines is 1. The van der Waals surface area contributed by atoms with Crippen molar-refractivity contribution in [2.24, 2.45) is 5.11 Å². The number of ether oxygens (including phenoxy) is 3. The van der Waals surface area contributed by atoms with Crippen LogP contribution in [0.5, 0.6) is 17.2 Å². The smallest absolute Gasteiger partial charge is 0.268 e. The van der Waals surface area contributed by atoms with Gasteiger partial charge in [0, 0.05) is 33.8 Å². The standard InChI is InChI=1S/C28H23ClN6O6/c1-38-20-12-16(13-21(39-2)27(20)40-3)32-23(36)11-15-6-4-7-17(10-15)35-19-9-5-8-18(29)24(19)26-25(28(35)37)22(41-33-26)14-31-34-30/h4-10,12-13H,11,14H2,1-3H3,(H,32,36). The van der Waals surface area contributed by atoms with E-state index in [-0.39, 0.29) is 35.5 Å². The van der Waals surface area contributed by atoms with Gasteiger partial charge in [0.05, 0.1) is 44.8 Å². The summed E-state index contributed by atoms with van der Waals surface area (Å²) in [7, 11) is 4.48. The first-order valence-corrected chi connectivity index (χ1v) is 12.6. The summed E-state index contributed by atoms with van der Waals surface area (Å²) in [4.78, 5) is 29.6. The van der Waals surface area contributed by atoms with Crippen molar-refractivity contribution < 1.29 is 23.5 Å². The van der Waals surface area contributed by atoms with Crippen LogP contribution in [0.1, 0.15) is 11.3 Å². The topological polar surface area (TPSA) is 154 Å². The Kier molecular flexibility index (Phi) is 7.68. The van der Waals surface area contributed by atoms with Gasteiger partial charge in [0.1, 0.15) is 10.9 Å². The summed E-state index contributed by atoms with van der Waals surface area (Å²) in [5.41, 5.74) is 10.7. The predicted molar refractivity (Wildman–Crippen MR) is 153 cm³/mol. The number of carbonyl (C=O) groups is 1. The lowest BCUT2D eigenvalue weighted by molar-refractivity contribution is -0.115. The summed E-state index contributed by atoms with van der Waals surface area (Å²) in [5.74, 6) is 1.03. The largest absolute Gasteiger partial charge is 0.493 e. The zero-order chi connectivity index (χ0) is 29.1. The first kappa shape index (κ1) is 27.4. The number of pyridine rings is 1. The molecule has 2 heterocycles. The highest BCUT2D eigenvalue weighted by Crippen LogP contribution is 2.40. The molecule has 13 heteroatoms. The number of hydrogen-bond acceptors (Lipinski definition) is 8. The van der Waals surface area contributed by atoms with Gasteiger partial charge in [-0.25, -0.2) is 0 Å². The van der Waals surface area contributed by atoms with Crippen LogP contribution in [0.4, 0.5) is 5.69 Å². The Morgan fingerprint density at radius 2 is 1.80 bits per heavy atom. The lowest BCUT2D eigenvalue weighted by Crippen LogP contribution is -2.20. The molecule has 0 aliphatic rings. The number of rotatable bonds is 9. The van der Waals surface area contributed by atoms with E-state index in [0.29, 0.717) is 50.1 Å². The van der Waals surface area contributed by atoms with Gasteiger partial charge in [-0.05, 0) is 35.4 Å². The number of nitrogens with one attached hydrogen (secondary N) is 1. The number of amides is 1. The molecule has 1 amide bonds. The number of aromatic nitrogens is 2. The van der Waals surface area contributed by atoms with Gasteiger partial charge < -0.3 is 24.1 Å². The Morgan fingerprint density at radius 1 is 1.07 bits per heavy atom. The maximum Gasteiger partial charge on any atom is 0.268 e. The number of nitrogens with zero attached hydrogens (tertiary/aromatic N) is 5. The van der Waals surface area contributed by atoms with Crippen LogP contribution in [-0.4, -0.2) is 37.0 Å². The van der Waals surface area contributed by atoms with E-state index in [9.17, 15) is 9.59 Å². The fraction of sp³-hybridized carbons (Fsp3) is 0.179. The highest BCUT2D eigenvalue weighted by atomic mass is 35.5. The number of fused-ring (bicyclic) bond motifs is 3. The normalized spacial score (nSPS) is 10.8. The van der Waals surface area contributed by atoms with Crippen molar-refractivity contribution in [3.63, 3.8) is 0 Å². The highest BCUT2D eigenvalue weighted by Gasteiger charge is 2.21. The van der Waals surface area contributed by atoms with Gasteiger partial charge in [0.25, 0.3) is 5.56 Å². The molecule has 12 nitrogen and oxygen atoms in total. The third-order valence-corrected chi connectivity index (χ3v) is 6.72. The zero-order valence-electron chi connectivity index (χ0n) is 22.2. The monoisotopic (exact) mass is 574 g/mol. The maximum absolute atomic E-state index is 13.8. The second-order valence-corrected chi connectivity index (χ2v) is 9.21. The molecule has 0 fully saturated rings. The third-order valence-electron chi connectivity index (χ3n) is 6.41. The molecule has 1 N–H and O–H groups in total. The molecule has 41 heavy (non-hydrogen) atoms. The molecule has 0 spiro atoms. The summed E-state index contributed by atoms with van der Waals surface area (Å²) >= 11 is 6.54. The first-order valence-electron chi connectivity index (χ1n) is 12.2. The Morgan fingerprint density at radius 3 is 2.49 bits per heavy atom. The Hall–Kier alpha value is -5.19. The van der Waals surface area contributed by atoms with Crippen LogP contribution in [-0.2, 0) is 17.8 Å². The van der Waals surface area contributed by atoms with Crippen molar-refractivity contribution in [2.75, 3.05) is 26.6 Å². The van der Waals surface area contributed by atoms with Crippen molar-refractivity contribution in [3.8, 4) is 22.9 Å². The molecule has 5 rings (SSSR count). The van der Waals surface area contributed by atoms with Crippen LogP contribution in [0, 0.1) is 0 Å². The van der Waals surface area contributed by atoms with Crippen molar-refractivity contribution in [1.29, 1.82) is 0 Å². The predicted octanol–water partition coefficient (Wildman–Crippen LogP) is 5.80. The average molecular weight is 575 g/mol. The van der Waals surface area contributed by atoms with Crippen molar-refractivity contribution >= 4 is 45.0 Å². The number of azide groups is 1. The van der Waals surface area contributed by atoms with E-state index in [1.54, 1.807) is 54.6 Å². The van der Waals surface area contributed by atoms with Crippen LogP contribution in [0.25, 0.3) is 37.9 Å². The molecule has 208 valence electrons. The van der Waals surface area contributed by atoms with Crippen LogP contribution < -0.4 is 25.1 Å². The van der Waals surface area contributed by atoms with Crippen molar-refractivity contribution in [1.82, 2.24) is 9.72 Å². The second-order valence-electron chi connectivity index (χ2n) is 8.80. The third kappa shape index (κ3) is 5.09. The number of hydrogen-bond donors (Lipinski definition) is 1. The van der Waals surface area contributed by atoms with Gasteiger partial charge in [-0.3, -0.25) is 14.2 Å². The molecule has 0 unspecified atom stereocenters. The SMILES string of the molecule is COc1cc(NC(=O)Cc2cccc(-n3c(=O)c4c(CN=[N+]=[N-])onc4c4c(Cl)cccc43)c2)cc(OC)c1OC. The number of methoxy groups -OCH3 is 3. The van der Waals surface area contributed by atoms with E-state index in [0.717, 1.165) is 0 Å². The first-order chi connectivity index (χ1) is 19.9. The molecular formula is C28H23ClN6O6. The lowest BCUT2D eigenvalue weighted by Gasteiger charge is -2.15. The van der Waals surface area contributed by atoms with E-state index in [1.165, 1.54) is 25.9 Å². The second kappa shape index (κ2) is 11.5. The van der Waals surface area contributed by atoms with Gasteiger partial charge in [-0.2, -0.15) is 0 Å². The van der Waals surface area contributed by atoms with Crippen LogP contribution in [0.3, 0.4) is 0 Å². The molecule has 0 radical (unpaired) electrons. The van der Waals surface area contributed by atoms with Crippen LogP contribution in [0.2, 0.25) is 5.02 Å². The average Bonchev–Trinajstić information content (AvgIpc) is 3.39.